The van der Waals surface area contributed by atoms with E-state index in [4.69, 9.17) is 4.55 Å². The van der Waals surface area contributed by atoms with Crippen LogP contribution < -0.4 is 33.9 Å². The average Bonchev–Trinajstić information content (AvgIpc) is 2.03. The molecule has 8 heteroatoms. The Morgan fingerprint density at radius 1 is 1.21 bits per heavy atom. The molecule has 0 aromatic heterocycles. The summed E-state index contributed by atoms with van der Waals surface area (Å²) in [4.78, 5) is -0.0418. The van der Waals surface area contributed by atoms with Gasteiger partial charge in [0, 0.05) is 0 Å². The Hall–Kier alpha value is 2.15. The number of hydrogen-bond donors (Lipinski definition) is 1. The molecule has 0 saturated heterocycles. The Morgan fingerprint density at radius 3 is 1.93 bits per heavy atom. The summed E-state index contributed by atoms with van der Waals surface area (Å²) in [6.45, 7) is 0. The van der Waals surface area contributed by atoms with Crippen molar-refractivity contribution >= 4 is 62.7 Å². The summed E-state index contributed by atoms with van der Waals surface area (Å²) in [7, 11) is -5.04. The first-order valence-corrected chi connectivity index (χ1v) is 16.9. The zero-order valence-electron chi connectivity index (χ0n) is 8.18. The third kappa shape index (κ3) is 4.99. The number of halogens is 2. The van der Waals surface area contributed by atoms with Gasteiger partial charge in [0.05, 0.1) is 0 Å². The predicted molar refractivity (Wildman–Crippen MR) is 70.8 cm³/mol. The van der Waals surface area contributed by atoms with Gasteiger partial charge in [-0.1, -0.05) is 0 Å². The van der Waals surface area contributed by atoms with E-state index in [0.717, 1.165) is 0 Å². The van der Waals surface area contributed by atoms with E-state index in [0.29, 0.717) is 0 Å². The van der Waals surface area contributed by atoms with Crippen LogP contribution in [0.5, 0.6) is 0 Å². The van der Waals surface area contributed by atoms with Crippen LogP contribution in [0.15, 0.2) is 29.2 Å². The van der Waals surface area contributed by atoms with Crippen LogP contribution in [0.4, 0.5) is 0 Å². The van der Waals surface area contributed by atoms with Gasteiger partial charge in [0.2, 0.25) is 0 Å². The van der Waals surface area contributed by atoms with E-state index in [1.54, 1.807) is 12.1 Å². The van der Waals surface area contributed by atoms with E-state index < -0.39 is 18.1 Å². The molecule has 0 spiro atoms. The van der Waals surface area contributed by atoms with Gasteiger partial charge in [0.15, 0.2) is 0 Å². The minimum atomic E-state index is -4.03. The van der Waals surface area contributed by atoms with Crippen LogP contribution in [-0.2, 0) is 10.1 Å². The first kappa shape index (κ1) is 16.1. The van der Waals surface area contributed by atoms with E-state index in [9.17, 15) is 8.42 Å². The second kappa shape index (κ2) is 6.78. The maximum atomic E-state index is 10.7. The van der Waals surface area contributed by atoms with Crippen LogP contribution in [0.25, 0.3) is 0 Å². The van der Waals surface area contributed by atoms with Crippen molar-refractivity contribution < 1.29 is 44.0 Å². The van der Waals surface area contributed by atoms with Crippen LogP contribution >= 0.6 is 40.3 Å². The third-order valence-electron chi connectivity index (χ3n) is 1.33. The second-order valence-corrected chi connectivity index (χ2v) is 25.3. The average molecular weight is 510 g/mol. The molecule has 0 aliphatic rings. The summed E-state index contributed by atoms with van der Waals surface area (Å²) in [5.74, 6) is 0. The monoisotopic (exact) mass is 510 g/mol. The predicted octanol–water partition coefficient (Wildman–Crippen LogP) is -1.38. The van der Waals surface area contributed by atoms with Crippen molar-refractivity contribution in [3.63, 3.8) is 0 Å². The first-order valence-electron chi connectivity index (χ1n) is 3.10. The molecule has 1 aromatic carbocycles. The fourth-order valence-electron chi connectivity index (χ4n) is 0.731. The van der Waals surface area contributed by atoms with Gasteiger partial charge in [0.1, 0.15) is 0 Å². The van der Waals surface area contributed by atoms with E-state index in [2.05, 4.69) is 40.3 Å². The molecule has 0 amide bonds. The maximum Gasteiger partial charge on any atom is 1.00 e. The number of hydrogen-bond acceptors (Lipinski definition) is 2. The van der Waals surface area contributed by atoms with E-state index in [-0.39, 0.29) is 35.9 Å². The standard InChI is InChI=1S/C6H5AsI2O3S.Na.H/c8-7(9)5-1-3-6(4-2-5)13(10,11)12;;/h1-4H,(H,10,11,12);;/q;+1;-1. The molecule has 74 valence electrons. The Morgan fingerprint density at radius 2 is 1.64 bits per heavy atom. The van der Waals surface area contributed by atoms with Gasteiger partial charge in [0.25, 0.3) is 0 Å². The van der Waals surface area contributed by atoms with Gasteiger partial charge < -0.3 is 1.43 Å². The molecule has 0 fully saturated rings. The van der Waals surface area contributed by atoms with Crippen LogP contribution in [0.3, 0.4) is 0 Å². The Labute approximate surface area is 133 Å². The van der Waals surface area contributed by atoms with E-state index in [1.165, 1.54) is 16.5 Å². The van der Waals surface area contributed by atoms with Gasteiger partial charge in [-0.3, -0.25) is 0 Å². The SMILES string of the molecule is O=S(=O)(O)c1ccc([As](I)I)cc1.[H-].[Na+]. The molecule has 0 heterocycles. The molecule has 1 N–H and O–H groups in total. The topological polar surface area (TPSA) is 54.4 Å². The summed E-state index contributed by atoms with van der Waals surface area (Å²) in [5.41, 5.74) is 0. The van der Waals surface area contributed by atoms with Gasteiger partial charge in [-0.05, 0) is 0 Å². The number of benzene rings is 1. The molecular weight excluding hydrogens is 504 g/mol. The summed E-state index contributed by atoms with van der Waals surface area (Å²) < 4.78 is 31.2. The fraction of sp³-hybridized carbons (Fsp3) is 0. The van der Waals surface area contributed by atoms with Gasteiger partial charge in [-0.15, -0.1) is 0 Å². The zero-order valence-corrected chi connectivity index (χ0v) is 16.2. The zero-order chi connectivity index (χ0) is 10.1. The third-order valence-corrected chi connectivity index (χ3v) is 9.43. The minimum Gasteiger partial charge on any atom is -1.00 e. The Kier molecular flexibility index (Phi) is 7.82. The summed E-state index contributed by atoms with van der Waals surface area (Å²) in [5, 5.41) is 0. The normalized spacial score (nSPS) is 11.1. The molecule has 0 bridgehead atoms. The van der Waals surface area contributed by atoms with Crippen molar-refractivity contribution in [3.05, 3.63) is 24.3 Å². The molecule has 1 aromatic rings. The van der Waals surface area contributed by atoms with Crippen molar-refractivity contribution in [2.75, 3.05) is 0 Å². The second-order valence-electron chi connectivity index (χ2n) is 2.20. The van der Waals surface area contributed by atoms with Crippen molar-refractivity contribution in [1.29, 1.82) is 0 Å². The Bertz CT molecular complexity index is 397. The summed E-state index contributed by atoms with van der Waals surface area (Å²) >= 11 is 4.72. The van der Waals surface area contributed by atoms with Crippen LogP contribution in [-0.4, -0.2) is 20.9 Å². The molecule has 0 atom stereocenters. The molecule has 0 saturated carbocycles. The molecule has 0 aliphatic heterocycles. The smallest absolute Gasteiger partial charge is 1.00 e. The molecule has 0 aliphatic carbocycles. The van der Waals surface area contributed by atoms with Gasteiger partial charge in [-0.2, -0.15) is 0 Å². The summed E-state index contributed by atoms with van der Waals surface area (Å²) in [6.07, 6.45) is 0. The molecule has 3 nitrogen and oxygen atoms in total. The molecule has 1 rings (SSSR count). The van der Waals surface area contributed by atoms with Crippen molar-refractivity contribution in [1.82, 2.24) is 0 Å². The maximum absolute atomic E-state index is 10.7. The first-order chi connectivity index (χ1) is 5.91. The van der Waals surface area contributed by atoms with Gasteiger partial charge in [-0.25, -0.2) is 0 Å². The largest absolute Gasteiger partial charge is 1.00 e. The Balaban J connectivity index is 0. The van der Waals surface area contributed by atoms with Crippen LogP contribution in [0, 0.1) is 0 Å². The van der Waals surface area contributed by atoms with Crippen LogP contribution in [0.1, 0.15) is 1.43 Å². The van der Waals surface area contributed by atoms with E-state index >= 15 is 0 Å². The molecular formula is C6H6AsI2NaO3S. The van der Waals surface area contributed by atoms with Crippen molar-refractivity contribution in [2.45, 2.75) is 4.90 Å². The van der Waals surface area contributed by atoms with Crippen LogP contribution in [0.2, 0.25) is 0 Å². The fourth-order valence-corrected chi connectivity index (χ4v) is 5.34. The molecule has 14 heavy (non-hydrogen) atoms. The van der Waals surface area contributed by atoms with Crippen molar-refractivity contribution in [2.24, 2.45) is 0 Å². The quantitative estimate of drug-likeness (QED) is 0.304. The van der Waals surface area contributed by atoms with E-state index in [1.807, 2.05) is 0 Å². The molecule has 0 unspecified atom stereocenters. The minimum absolute atomic E-state index is 0. The number of rotatable bonds is 2. The van der Waals surface area contributed by atoms with Gasteiger partial charge >= 0.3 is 134 Å². The molecule has 0 radical (unpaired) electrons. The summed E-state index contributed by atoms with van der Waals surface area (Å²) in [6, 6.07) is 6.37. The van der Waals surface area contributed by atoms with Crippen molar-refractivity contribution in [3.8, 4) is 0 Å².